The van der Waals surface area contributed by atoms with E-state index in [9.17, 15) is 9.18 Å². The summed E-state index contributed by atoms with van der Waals surface area (Å²) >= 11 is 5.91. The van der Waals surface area contributed by atoms with Crippen molar-refractivity contribution in [3.8, 4) is 5.75 Å². The topological polar surface area (TPSA) is 52.3 Å². The van der Waals surface area contributed by atoms with Gasteiger partial charge in [0.2, 0.25) is 0 Å². The van der Waals surface area contributed by atoms with Crippen molar-refractivity contribution in [1.82, 2.24) is 0 Å². The molecular formula is C15H13ClFNO2. The zero-order valence-corrected chi connectivity index (χ0v) is 11.6. The summed E-state index contributed by atoms with van der Waals surface area (Å²) in [6, 6.07) is 9.03. The third-order valence-corrected chi connectivity index (χ3v) is 3.15. The van der Waals surface area contributed by atoms with Gasteiger partial charge in [0.1, 0.15) is 11.6 Å². The van der Waals surface area contributed by atoms with Crippen molar-refractivity contribution in [2.24, 2.45) is 0 Å². The average molecular weight is 294 g/mol. The lowest BCUT2D eigenvalue weighted by Crippen LogP contribution is -2.06. The minimum atomic E-state index is -0.603. The van der Waals surface area contributed by atoms with Crippen LogP contribution in [0.25, 0.3) is 0 Å². The molecule has 20 heavy (non-hydrogen) atoms. The summed E-state index contributed by atoms with van der Waals surface area (Å²) in [6.45, 7) is 0. The van der Waals surface area contributed by atoms with Crippen LogP contribution < -0.4 is 10.5 Å². The maximum absolute atomic E-state index is 13.4. The van der Waals surface area contributed by atoms with E-state index < -0.39 is 5.82 Å². The van der Waals surface area contributed by atoms with E-state index in [0.29, 0.717) is 16.3 Å². The van der Waals surface area contributed by atoms with Gasteiger partial charge >= 0.3 is 0 Å². The van der Waals surface area contributed by atoms with Gasteiger partial charge in [-0.3, -0.25) is 4.79 Å². The number of carbonyl (C=O) groups excluding carboxylic acids is 1. The molecule has 0 bridgehead atoms. The zero-order valence-electron chi connectivity index (χ0n) is 10.8. The van der Waals surface area contributed by atoms with Crippen molar-refractivity contribution >= 4 is 23.1 Å². The number of ketones is 1. The van der Waals surface area contributed by atoms with Crippen molar-refractivity contribution in [3.05, 3.63) is 58.4 Å². The number of hydrogen-bond acceptors (Lipinski definition) is 3. The fourth-order valence-corrected chi connectivity index (χ4v) is 2.06. The van der Waals surface area contributed by atoms with Gasteiger partial charge in [0.15, 0.2) is 5.78 Å². The van der Waals surface area contributed by atoms with Crippen molar-refractivity contribution in [1.29, 1.82) is 0 Å². The molecule has 0 heterocycles. The number of Topliss-reactive ketones (excluding diaryl/α,β-unsaturated/α-hetero) is 1. The van der Waals surface area contributed by atoms with Crippen molar-refractivity contribution < 1.29 is 13.9 Å². The number of nitrogens with two attached hydrogens (primary N) is 1. The summed E-state index contributed by atoms with van der Waals surface area (Å²) in [7, 11) is 1.51. The Kier molecular flexibility index (Phi) is 4.25. The number of methoxy groups -OCH3 is 1. The van der Waals surface area contributed by atoms with E-state index in [1.54, 1.807) is 18.2 Å². The Morgan fingerprint density at radius 3 is 2.70 bits per heavy atom. The molecule has 2 rings (SSSR count). The Labute approximate surface area is 121 Å². The van der Waals surface area contributed by atoms with Crippen LogP contribution in [0.1, 0.15) is 15.9 Å². The van der Waals surface area contributed by atoms with E-state index in [2.05, 4.69) is 0 Å². The molecule has 3 nitrogen and oxygen atoms in total. The maximum Gasteiger partial charge on any atom is 0.167 e. The summed E-state index contributed by atoms with van der Waals surface area (Å²) in [4.78, 5) is 12.2. The minimum Gasteiger partial charge on any atom is -0.496 e. The predicted octanol–water partition coefficient (Wildman–Crippen LogP) is 3.50. The van der Waals surface area contributed by atoms with E-state index in [1.165, 1.54) is 19.2 Å². The third kappa shape index (κ3) is 3.08. The molecule has 0 aliphatic heterocycles. The third-order valence-electron chi connectivity index (χ3n) is 2.92. The highest BCUT2D eigenvalue weighted by Gasteiger charge is 2.13. The van der Waals surface area contributed by atoms with Crippen molar-refractivity contribution in [2.45, 2.75) is 6.42 Å². The van der Waals surface area contributed by atoms with Crippen LogP contribution in [0.5, 0.6) is 5.75 Å². The molecule has 2 N–H and O–H groups in total. The van der Waals surface area contributed by atoms with Crippen molar-refractivity contribution in [2.75, 3.05) is 12.8 Å². The van der Waals surface area contributed by atoms with Crippen LogP contribution in [0.3, 0.4) is 0 Å². The van der Waals surface area contributed by atoms with Gasteiger partial charge in [-0.1, -0.05) is 11.6 Å². The second-order valence-electron chi connectivity index (χ2n) is 4.29. The summed E-state index contributed by atoms with van der Waals surface area (Å²) in [5.41, 5.74) is 6.32. The molecule has 2 aromatic rings. The molecule has 0 fully saturated rings. The fourth-order valence-electron chi connectivity index (χ4n) is 1.86. The molecule has 0 aliphatic carbocycles. The van der Waals surface area contributed by atoms with Gasteiger partial charge in [0.25, 0.3) is 0 Å². The van der Waals surface area contributed by atoms with Gasteiger partial charge in [0.05, 0.1) is 12.8 Å². The number of hydrogen-bond donors (Lipinski definition) is 1. The predicted molar refractivity (Wildman–Crippen MR) is 76.9 cm³/mol. The number of benzene rings is 2. The number of carbonyl (C=O) groups is 1. The fraction of sp³-hybridized carbons (Fsp3) is 0.133. The largest absolute Gasteiger partial charge is 0.496 e. The summed E-state index contributed by atoms with van der Waals surface area (Å²) in [6.07, 6.45) is 0.0765. The molecule has 0 spiro atoms. The molecule has 0 amide bonds. The normalized spacial score (nSPS) is 10.3. The Morgan fingerprint density at radius 1 is 1.30 bits per heavy atom. The first-order chi connectivity index (χ1) is 9.51. The highest BCUT2D eigenvalue weighted by molar-refractivity contribution is 6.30. The minimum absolute atomic E-state index is 0.0156. The molecule has 0 aliphatic rings. The molecule has 0 atom stereocenters. The first kappa shape index (κ1) is 14.3. The van der Waals surface area contributed by atoms with Gasteiger partial charge in [-0.25, -0.2) is 4.39 Å². The number of ether oxygens (including phenoxy) is 1. The first-order valence-electron chi connectivity index (χ1n) is 5.92. The van der Waals surface area contributed by atoms with E-state index in [4.69, 9.17) is 22.1 Å². The van der Waals surface area contributed by atoms with E-state index >= 15 is 0 Å². The lowest BCUT2D eigenvalue weighted by molar-refractivity contribution is 0.0991. The number of rotatable bonds is 4. The van der Waals surface area contributed by atoms with Crippen molar-refractivity contribution in [3.63, 3.8) is 0 Å². The summed E-state index contributed by atoms with van der Waals surface area (Å²) in [5.74, 6) is -0.267. The first-order valence-corrected chi connectivity index (χ1v) is 6.29. The molecule has 0 radical (unpaired) electrons. The Balaban J connectivity index is 2.27. The highest BCUT2D eigenvalue weighted by atomic mass is 35.5. The van der Waals surface area contributed by atoms with E-state index in [1.807, 2.05) is 0 Å². The molecule has 5 heteroatoms. The van der Waals surface area contributed by atoms with Crippen LogP contribution in [-0.4, -0.2) is 12.9 Å². The molecule has 0 saturated heterocycles. The maximum atomic E-state index is 13.4. The van der Waals surface area contributed by atoms with Gasteiger partial charge in [-0.2, -0.15) is 0 Å². The van der Waals surface area contributed by atoms with Gasteiger partial charge in [-0.05, 0) is 36.4 Å². The summed E-state index contributed by atoms with van der Waals surface area (Å²) in [5, 5.41) is 0.511. The number of halogens is 2. The summed E-state index contributed by atoms with van der Waals surface area (Å²) < 4.78 is 18.5. The van der Waals surface area contributed by atoms with Crippen LogP contribution >= 0.6 is 11.6 Å². The monoisotopic (exact) mass is 293 g/mol. The van der Waals surface area contributed by atoms with E-state index in [-0.39, 0.29) is 23.5 Å². The molecule has 2 aromatic carbocycles. The molecule has 0 saturated carbocycles. The highest BCUT2D eigenvalue weighted by Crippen LogP contribution is 2.24. The SMILES string of the molecule is COc1ccc(Cl)cc1CC(=O)c1ccc(N)c(F)c1. The van der Waals surface area contributed by atoms with Crippen LogP contribution in [0.4, 0.5) is 10.1 Å². The molecule has 0 unspecified atom stereocenters. The Hall–Kier alpha value is -2.07. The second kappa shape index (κ2) is 5.92. The quantitative estimate of drug-likeness (QED) is 0.693. The van der Waals surface area contributed by atoms with Crippen LogP contribution in [0, 0.1) is 5.82 Å². The smallest absolute Gasteiger partial charge is 0.167 e. The van der Waals surface area contributed by atoms with Gasteiger partial charge in [0, 0.05) is 22.6 Å². The lowest BCUT2D eigenvalue weighted by atomic mass is 10.0. The van der Waals surface area contributed by atoms with Crippen LogP contribution in [0.2, 0.25) is 5.02 Å². The number of nitrogen functional groups attached to an aromatic ring is 1. The standard InChI is InChI=1S/C15H13ClFNO2/c1-20-15-5-3-11(16)6-10(15)8-14(19)9-2-4-13(18)12(17)7-9/h2-7H,8,18H2,1H3. The average Bonchev–Trinajstić information content (AvgIpc) is 2.42. The molecular weight excluding hydrogens is 281 g/mol. The second-order valence-corrected chi connectivity index (χ2v) is 4.73. The lowest BCUT2D eigenvalue weighted by Gasteiger charge is -2.09. The van der Waals surface area contributed by atoms with Gasteiger partial charge < -0.3 is 10.5 Å². The van der Waals surface area contributed by atoms with E-state index in [0.717, 1.165) is 6.07 Å². The Morgan fingerprint density at radius 2 is 2.05 bits per heavy atom. The number of anilines is 1. The van der Waals surface area contributed by atoms with Gasteiger partial charge in [-0.15, -0.1) is 0 Å². The van der Waals surface area contributed by atoms with Crippen LogP contribution in [-0.2, 0) is 6.42 Å². The zero-order chi connectivity index (χ0) is 14.7. The molecule has 0 aromatic heterocycles. The van der Waals surface area contributed by atoms with Crippen LogP contribution in [0.15, 0.2) is 36.4 Å². The molecule has 104 valence electrons. The Bertz CT molecular complexity index is 658.